The summed E-state index contributed by atoms with van der Waals surface area (Å²) in [5.74, 6) is -1.76. The lowest BCUT2D eigenvalue weighted by molar-refractivity contribution is -0.170. The SMILES string of the molecule is C/C(=C\N(C)c1cc(F)c(C2=CCN(C(=O)C3COC(N)(N)O3)CC2)c(F)c1)CNC(=O)S. The lowest BCUT2D eigenvalue weighted by Crippen LogP contribution is -2.52. The Labute approximate surface area is 195 Å². The Bertz CT molecular complexity index is 978. The van der Waals surface area contributed by atoms with Gasteiger partial charge in [-0.05, 0) is 36.6 Å². The molecular formula is C21H27F2N5O4S. The fourth-order valence-electron chi connectivity index (χ4n) is 3.65. The average molecular weight is 484 g/mol. The van der Waals surface area contributed by atoms with E-state index in [2.05, 4.69) is 17.9 Å². The zero-order valence-electron chi connectivity index (χ0n) is 18.3. The maximum absolute atomic E-state index is 14.9. The van der Waals surface area contributed by atoms with Gasteiger partial charge in [0.2, 0.25) is 0 Å². The monoisotopic (exact) mass is 483 g/mol. The van der Waals surface area contributed by atoms with Crippen LogP contribution in [-0.4, -0.2) is 61.5 Å². The standard InChI is InChI=1S/C21H27F2N5O4S/c1-12(9-26-20(30)33)10-27(2)14-7-15(22)18(16(23)8-14)13-3-5-28(6-4-13)19(29)17-11-31-21(24,25)32-17/h3,7-8,10,17H,4-6,9,11,24-25H2,1-2H3,(H2,26,30,33)/b12-10+. The molecule has 12 heteroatoms. The Morgan fingerprint density at radius 2 is 2.03 bits per heavy atom. The predicted molar refractivity (Wildman–Crippen MR) is 122 cm³/mol. The molecule has 0 saturated carbocycles. The number of carbonyl (C=O) groups excluding carboxylic acids is 2. The van der Waals surface area contributed by atoms with Crippen molar-refractivity contribution < 1.29 is 27.8 Å². The molecule has 0 spiro atoms. The number of ether oxygens (including phenoxy) is 2. The van der Waals surface area contributed by atoms with Crippen molar-refractivity contribution in [3.05, 3.63) is 47.2 Å². The third-order valence-corrected chi connectivity index (χ3v) is 5.43. The highest BCUT2D eigenvalue weighted by molar-refractivity contribution is 7.96. The van der Waals surface area contributed by atoms with E-state index in [1.54, 1.807) is 31.1 Å². The van der Waals surface area contributed by atoms with Crippen molar-refractivity contribution in [1.29, 1.82) is 0 Å². The van der Waals surface area contributed by atoms with Crippen molar-refractivity contribution in [3.8, 4) is 0 Å². The van der Waals surface area contributed by atoms with Gasteiger partial charge < -0.3 is 24.6 Å². The number of hydrogen-bond acceptors (Lipinski definition) is 7. The molecule has 1 aromatic carbocycles. The molecule has 0 aliphatic carbocycles. The average Bonchev–Trinajstić information content (AvgIpc) is 3.11. The maximum atomic E-state index is 14.9. The summed E-state index contributed by atoms with van der Waals surface area (Å²) in [6.07, 6.45) is 2.62. The number of carbonyl (C=O) groups is 2. The first-order valence-electron chi connectivity index (χ1n) is 10.2. The van der Waals surface area contributed by atoms with Gasteiger partial charge in [-0.3, -0.25) is 21.1 Å². The topological polar surface area (TPSA) is 123 Å². The predicted octanol–water partition coefficient (Wildman–Crippen LogP) is 1.50. The van der Waals surface area contributed by atoms with E-state index in [-0.39, 0.29) is 44.1 Å². The van der Waals surface area contributed by atoms with Gasteiger partial charge in [-0.2, -0.15) is 0 Å². The molecule has 0 bridgehead atoms. The molecule has 1 atom stereocenters. The number of anilines is 1. The van der Waals surface area contributed by atoms with E-state index in [1.165, 1.54) is 17.0 Å². The van der Waals surface area contributed by atoms with E-state index < -0.39 is 29.0 Å². The molecule has 2 aliphatic heterocycles. The van der Waals surface area contributed by atoms with E-state index in [1.807, 2.05) is 0 Å². The molecule has 180 valence electrons. The summed E-state index contributed by atoms with van der Waals surface area (Å²) >= 11 is 3.63. The Balaban J connectivity index is 1.70. The van der Waals surface area contributed by atoms with Gasteiger partial charge in [0.25, 0.3) is 17.2 Å². The van der Waals surface area contributed by atoms with Crippen LogP contribution in [0.3, 0.4) is 0 Å². The third kappa shape index (κ3) is 6.30. The largest absolute Gasteiger partial charge is 0.351 e. The van der Waals surface area contributed by atoms with Gasteiger partial charge in [0.05, 0.1) is 6.61 Å². The summed E-state index contributed by atoms with van der Waals surface area (Å²) in [5, 5.41) is 2.06. The first kappa shape index (κ1) is 25.1. The van der Waals surface area contributed by atoms with Crippen LogP contribution in [0.4, 0.5) is 19.3 Å². The van der Waals surface area contributed by atoms with Crippen LogP contribution < -0.4 is 21.7 Å². The fourth-order valence-corrected chi connectivity index (χ4v) is 3.73. The van der Waals surface area contributed by atoms with E-state index in [9.17, 15) is 18.4 Å². The summed E-state index contributed by atoms with van der Waals surface area (Å²) in [7, 11) is 1.65. The second kappa shape index (κ2) is 10.2. The maximum Gasteiger partial charge on any atom is 0.287 e. The summed E-state index contributed by atoms with van der Waals surface area (Å²) in [4.78, 5) is 26.5. The number of benzene rings is 1. The van der Waals surface area contributed by atoms with Gasteiger partial charge in [0.15, 0.2) is 6.10 Å². The molecule has 9 nitrogen and oxygen atoms in total. The smallest absolute Gasteiger partial charge is 0.287 e. The molecule has 2 amide bonds. The number of hydrogen-bond donors (Lipinski definition) is 4. The zero-order chi connectivity index (χ0) is 24.3. The van der Waals surface area contributed by atoms with Crippen LogP contribution in [0.15, 0.2) is 30.0 Å². The summed E-state index contributed by atoms with van der Waals surface area (Å²) in [5.41, 5.74) is 12.4. The second-order valence-electron chi connectivity index (χ2n) is 7.93. The fraction of sp³-hybridized carbons (Fsp3) is 0.429. The van der Waals surface area contributed by atoms with E-state index in [0.29, 0.717) is 11.3 Å². The molecule has 33 heavy (non-hydrogen) atoms. The Morgan fingerprint density at radius 3 is 2.55 bits per heavy atom. The molecule has 2 aliphatic rings. The van der Waals surface area contributed by atoms with Crippen molar-refractivity contribution in [1.82, 2.24) is 10.2 Å². The molecule has 1 saturated heterocycles. The Morgan fingerprint density at radius 1 is 1.36 bits per heavy atom. The minimum atomic E-state index is -1.80. The van der Waals surface area contributed by atoms with Gasteiger partial charge in [-0.25, -0.2) is 8.78 Å². The number of halogens is 2. The highest BCUT2D eigenvalue weighted by atomic mass is 32.1. The van der Waals surface area contributed by atoms with Crippen molar-refractivity contribution >= 4 is 35.0 Å². The van der Waals surface area contributed by atoms with Crippen molar-refractivity contribution in [2.45, 2.75) is 25.5 Å². The molecule has 1 aromatic rings. The molecule has 0 radical (unpaired) electrons. The molecule has 3 rings (SSSR count). The van der Waals surface area contributed by atoms with Gasteiger partial charge in [0.1, 0.15) is 11.6 Å². The van der Waals surface area contributed by atoms with E-state index in [0.717, 1.165) is 5.57 Å². The molecule has 2 heterocycles. The molecule has 1 unspecified atom stereocenters. The lowest BCUT2D eigenvalue weighted by atomic mass is 9.97. The van der Waals surface area contributed by atoms with Crippen LogP contribution in [0.25, 0.3) is 5.57 Å². The summed E-state index contributed by atoms with van der Waals surface area (Å²) in [6, 6.07) is 0.680. The Hall–Kier alpha value is -2.51. The second-order valence-corrected chi connectivity index (χ2v) is 8.34. The number of thiol groups is 1. The van der Waals surface area contributed by atoms with Gasteiger partial charge >= 0.3 is 0 Å². The van der Waals surface area contributed by atoms with E-state index >= 15 is 0 Å². The van der Waals surface area contributed by atoms with Gasteiger partial charge in [-0.15, -0.1) is 0 Å². The molecule has 1 fully saturated rings. The van der Waals surface area contributed by atoms with E-state index in [4.69, 9.17) is 20.9 Å². The summed E-state index contributed by atoms with van der Waals surface area (Å²) in [6.45, 7) is 2.38. The normalized spacial score (nSPS) is 20.5. The van der Waals surface area contributed by atoms with Crippen molar-refractivity contribution in [3.63, 3.8) is 0 Å². The molecular weight excluding hydrogens is 456 g/mol. The first-order valence-corrected chi connectivity index (χ1v) is 10.6. The van der Waals surface area contributed by atoms with Crippen molar-refractivity contribution in [2.75, 3.05) is 38.2 Å². The quantitative estimate of drug-likeness (QED) is 0.357. The van der Waals surface area contributed by atoms with Gasteiger partial charge in [0, 0.05) is 44.1 Å². The third-order valence-electron chi connectivity index (χ3n) is 5.27. The number of rotatable bonds is 6. The van der Waals surface area contributed by atoms with Crippen LogP contribution in [0.2, 0.25) is 0 Å². The van der Waals surface area contributed by atoms with Crippen LogP contribution in [-0.2, 0) is 14.3 Å². The molecule has 5 N–H and O–H groups in total. The molecule has 0 aromatic heterocycles. The van der Waals surface area contributed by atoms with Crippen LogP contribution in [0.5, 0.6) is 0 Å². The summed E-state index contributed by atoms with van der Waals surface area (Å²) < 4.78 is 40.0. The highest BCUT2D eigenvalue weighted by Crippen LogP contribution is 2.31. The lowest BCUT2D eigenvalue weighted by Gasteiger charge is -2.29. The van der Waals surface area contributed by atoms with Crippen LogP contribution in [0.1, 0.15) is 18.9 Å². The number of nitrogens with one attached hydrogen (secondary N) is 1. The zero-order valence-corrected chi connectivity index (χ0v) is 19.2. The minimum absolute atomic E-state index is 0.0634. The number of nitrogens with two attached hydrogens (primary N) is 2. The Kier molecular flexibility index (Phi) is 7.75. The van der Waals surface area contributed by atoms with Gasteiger partial charge in [-0.1, -0.05) is 18.7 Å². The highest BCUT2D eigenvalue weighted by Gasteiger charge is 2.40. The van der Waals surface area contributed by atoms with Crippen LogP contribution >= 0.6 is 12.6 Å². The van der Waals surface area contributed by atoms with Crippen LogP contribution in [0, 0.1) is 11.6 Å². The number of amides is 2. The number of nitrogens with zero attached hydrogens (tertiary/aromatic N) is 2. The minimum Gasteiger partial charge on any atom is -0.351 e. The first-order chi connectivity index (χ1) is 15.5. The van der Waals surface area contributed by atoms with Crippen molar-refractivity contribution in [2.24, 2.45) is 11.5 Å².